The average molecular weight is 314 g/mol. The quantitative estimate of drug-likeness (QED) is 0.749. The second kappa shape index (κ2) is 8.00. The number of nitrogens with zero attached hydrogens (tertiary/aromatic N) is 2. The maximum atomic E-state index is 12.2. The van der Waals surface area contributed by atoms with Gasteiger partial charge in [-0.1, -0.05) is 0 Å². The second-order valence-corrected chi connectivity index (χ2v) is 7.22. The van der Waals surface area contributed by atoms with Crippen LogP contribution in [0.5, 0.6) is 0 Å². The Hall–Kier alpha value is -0.590. The van der Waals surface area contributed by atoms with E-state index in [1.54, 1.807) is 23.1 Å². The summed E-state index contributed by atoms with van der Waals surface area (Å²) in [5, 5.41) is 12.2. The summed E-state index contributed by atoms with van der Waals surface area (Å²) in [7, 11) is 0. The molecule has 1 amide bonds. The fourth-order valence-electron chi connectivity index (χ4n) is 2.27. The highest BCUT2D eigenvalue weighted by molar-refractivity contribution is 7.98. The molecule has 1 heterocycles. The van der Waals surface area contributed by atoms with Crippen LogP contribution in [0.1, 0.15) is 36.4 Å². The molecule has 0 spiro atoms. The van der Waals surface area contributed by atoms with E-state index in [4.69, 9.17) is 5.11 Å². The van der Waals surface area contributed by atoms with Crippen molar-refractivity contribution in [3.8, 4) is 0 Å². The molecule has 1 fully saturated rings. The highest BCUT2D eigenvalue weighted by Gasteiger charge is 2.27. The van der Waals surface area contributed by atoms with Crippen LogP contribution in [0.4, 0.5) is 0 Å². The SMILES string of the molecule is Cc1nc(CSCCC(=O)N(CCO)C2CCC2)cs1. The van der Waals surface area contributed by atoms with E-state index in [1.807, 2.05) is 11.8 Å². The van der Waals surface area contributed by atoms with Gasteiger partial charge in [-0.05, 0) is 26.2 Å². The maximum absolute atomic E-state index is 12.2. The number of aliphatic hydroxyl groups is 1. The van der Waals surface area contributed by atoms with Crippen LogP contribution in [-0.2, 0) is 10.5 Å². The minimum atomic E-state index is 0.0630. The van der Waals surface area contributed by atoms with Crippen LogP contribution in [-0.4, -0.2) is 45.8 Å². The molecule has 0 radical (unpaired) electrons. The highest BCUT2D eigenvalue weighted by Crippen LogP contribution is 2.25. The van der Waals surface area contributed by atoms with Gasteiger partial charge < -0.3 is 10.0 Å². The molecule has 6 heteroatoms. The summed E-state index contributed by atoms with van der Waals surface area (Å²) in [6.45, 7) is 2.56. The Morgan fingerprint density at radius 1 is 1.60 bits per heavy atom. The van der Waals surface area contributed by atoms with Gasteiger partial charge in [0.05, 0.1) is 17.3 Å². The molecule has 1 aliphatic carbocycles. The van der Waals surface area contributed by atoms with E-state index in [0.717, 1.165) is 35.0 Å². The molecule has 1 aromatic heterocycles. The largest absolute Gasteiger partial charge is 0.395 e. The lowest BCUT2D eigenvalue weighted by atomic mass is 9.91. The third-order valence-corrected chi connectivity index (χ3v) is 5.37. The van der Waals surface area contributed by atoms with Gasteiger partial charge in [-0.2, -0.15) is 11.8 Å². The fourth-order valence-corrected chi connectivity index (χ4v) is 3.81. The van der Waals surface area contributed by atoms with Gasteiger partial charge in [-0.3, -0.25) is 4.79 Å². The molecular weight excluding hydrogens is 292 g/mol. The summed E-state index contributed by atoms with van der Waals surface area (Å²) >= 11 is 3.42. The summed E-state index contributed by atoms with van der Waals surface area (Å²) in [6.07, 6.45) is 3.95. The summed E-state index contributed by atoms with van der Waals surface area (Å²) in [5.41, 5.74) is 1.11. The number of hydrogen-bond donors (Lipinski definition) is 1. The number of aliphatic hydroxyl groups excluding tert-OH is 1. The number of rotatable bonds is 8. The normalized spacial score (nSPS) is 15.1. The van der Waals surface area contributed by atoms with Crippen molar-refractivity contribution >= 4 is 29.0 Å². The van der Waals surface area contributed by atoms with E-state index in [1.165, 1.54) is 6.42 Å². The predicted molar refractivity (Wildman–Crippen MR) is 84.1 cm³/mol. The summed E-state index contributed by atoms with van der Waals surface area (Å²) in [5.74, 6) is 1.89. The number of aryl methyl sites for hydroxylation is 1. The molecule has 0 aromatic carbocycles. The lowest BCUT2D eigenvalue weighted by molar-refractivity contribution is -0.135. The molecule has 2 rings (SSSR count). The zero-order chi connectivity index (χ0) is 14.4. The first-order chi connectivity index (χ1) is 9.70. The molecule has 20 heavy (non-hydrogen) atoms. The predicted octanol–water partition coefficient (Wildman–Crippen LogP) is 2.45. The topological polar surface area (TPSA) is 53.4 Å². The molecule has 4 nitrogen and oxygen atoms in total. The molecule has 1 N–H and O–H groups in total. The van der Waals surface area contributed by atoms with Gasteiger partial charge in [-0.25, -0.2) is 4.98 Å². The molecule has 0 bridgehead atoms. The van der Waals surface area contributed by atoms with E-state index in [-0.39, 0.29) is 12.5 Å². The fraction of sp³-hybridized carbons (Fsp3) is 0.714. The number of thioether (sulfide) groups is 1. The van der Waals surface area contributed by atoms with Gasteiger partial charge in [0.1, 0.15) is 0 Å². The van der Waals surface area contributed by atoms with Crippen molar-refractivity contribution < 1.29 is 9.90 Å². The molecule has 1 aromatic rings. The number of amides is 1. The van der Waals surface area contributed by atoms with Crippen LogP contribution in [0.3, 0.4) is 0 Å². The van der Waals surface area contributed by atoms with Gasteiger partial charge in [0.15, 0.2) is 0 Å². The standard InChI is InChI=1S/C14H22N2O2S2/c1-11-15-12(10-20-11)9-19-8-5-14(18)16(6-7-17)13-3-2-4-13/h10,13,17H,2-9H2,1H3. The minimum absolute atomic E-state index is 0.0630. The number of thiazole rings is 1. The first-order valence-corrected chi connectivity index (χ1v) is 9.13. The van der Waals surface area contributed by atoms with Crippen molar-refractivity contribution in [2.24, 2.45) is 0 Å². The van der Waals surface area contributed by atoms with E-state index in [2.05, 4.69) is 10.4 Å². The Morgan fingerprint density at radius 3 is 2.95 bits per heavy atom. The lowest BCUT2D eigenvalue weighted by Crippen LogP contribution is -2.45. The Balaban J connectivity index is 1.67. The third kappa shape index (κ3) is 4.46. The lowest BCUT2D eigenvalue weighted by Gasteiger charge is -2.37. The van der Waals surface area contributed by atoms with Gasteiger partial charge >= 0.3 is 0 Å². The molecule has 0 aliphatic heterocycles. The van der Waals surface area contributed by atoms with E-state index >= 15 is 0 Å². The van der Waals surface area contributed by atoms with Crippen LogP contribution in [0.25, 0.3) is 0 Å². The molecule has 0 saturated heterocycles. The Bertz CT molecular complexity index is 433. The summed E-state index contributed by atoms with van der Waals surface area (Å²) in [4.78, 5) is 18.5. The van der Waals surface area contributed by atoms with Crippen molar-refractivity contribution in [2.45, 2.75) is 44.4 Å². The first-order valence-electron chi connectivity index (χ1n) is 7.10. The van der Waals surface area contributed by atoms with Crippen LogP contribution >= 0.6 is 23.1 Å². The maximum Gasteiger partial charge on any atom is 0.223 e. The van der Waals surface area contributed by atoms with Crippen molar-refractivity contribution in [1.29, 1.82) is 0 Å². The van der Waals surface area contributed by atoms with E-state index < -0.39 is 0 Å². The zero-order valence-electron chi connectivity index (χ0n) is 11.9. The van der Waals surface area contributed by atoms with Gasteiger partial charge in [0.2, 0.25) is 5.91 Å². The van der Waals surface area contributed by atoms with Crippen molar-refractivity contribution in [2.75, 3.05) is 18.9 Å². The Morgan fingerprint density at radius 2 is 2.40 bits per heavy atom. The van der Waals surface area contributed by atoms with Gasteiger partial charge in [0.25, 0.3) is 0 Å². The Kier molecular flexibility index (Phi) is 6.32. The highest BCUT2D eigenvalue weighted by atomic mass is 32.2. The molecule has 0 unspecified atom stereocenters. The third-order valence-electron chi connectivity index (χ3n) is 3.55. The molecule has 1 saturated carbocycles. The number of hydrogen-bond acceptors (Lipinski definition) is 5. The first kappa shape index (κ1) is 15.8. The number of carbonyl (C=O) groups is 1. The Labute approximate surface area is 128 Å². The van der Waals surface area contributed by atoms with Gasteiger partial charge in [0, 0.05) is 35.9 Å². The molecule has 0 atom stereocenters. The van der Waals surface area contributed by atoms with Crippen molar-refractivity contribution in [3.05, 3.63) is 16.1 Å². The molecule has 112 valence electrons. The molecule has 1 aliphatic rings. The average Bonchev–Trinajstić information content (AvgIpc) is 2.77. The van der Waals surface area contributed by atoms with Crippen molar-refractivity contribution in [3.63, 3.8) is 0 Å². The molecular formula is C14H22N2O2S2. The summed E-state index contributed by atoms with van der Waals surface area (Å²) in [6, 6.07) is 0.376. The van der Waals surface area contributed by atoms with Crippen LogP contribution in [0, 0.1) is 6.92 Å². The zero-order valence-corrected chi connectivity index (χ0v) is 13.5. The van der Waals surface area contributed by atoms with Crippen LogP contribution in [0.2, 0.25) is 0 Å². The summed E-state index contributed by atoms with van der Waals surface area (Å²) < 4.78 is 0. The van der Waals surface area contributed by atoms with Crippen molar-refractivity contribution in [1.82, 2.24) is 9.88 Å². The van der Waals surface area contributed by atoms with E-state index in [9.17, 15) is 4.79 Å². The second-order valence-electron chi connectivity index (χ2n) is 5.06. The smallest absolute Gasteiger partial charge is 0.223 e. The minimum Gasteiger partial charge on any atom is -0.395 e. The van der Waals surface area contributed by atoms with Crippen LogP contribution < -0.4 is 0 Å². The van der Waals surface area contributed by atoms with Gasteiger partial charge in [-0.15, -0.1) is 11.3 Å². The van der Waals surface area contributed by atoms with E-state index in [0.29, 0.717) is 19.0 Å². The number of carbonyl (C=O) groups excluding carboxylic acids is 1. The monoisotopic (exact) mass is 314 g/mol. The number of aromatic nitrogens is 1. The van der Waals surface area contributed by atoms with Crippen LogP contribution in [0.15, 0.2) is 5.38 Å².